The highest BCUT2D eigenvalue weighted by atomic mass is 15.6. The van der Waals surface area contributed by atoms with E-state index in [1.807, 2.05) is 30.3 Å². The highest BCUT2D eigenvalue weighted by Crippen LogP contribution is 2.16. The molecule has 4 heteroatoms. The number of nitrogens with zero attached hydrogens (tertiary/aromatic N) is 3. The normalized spacial score (nSPS) is 13.1. The van der Waals surface area contributed by atoms with Crippen LogP contribution >= 0.6 is 0 Å². The molecule has 0 unspecified atom stereocenters. The maximum atomic E-state index is 4.65. The Morgan fingerprint density at radius 3 is 2.43 bits per heavy atom. The first-order chi connectivity index (χ1) is 10.3. The molecule has 1 aliphatic rings. The lowest BCUT2D eigenvalue weighted by Gasteiger charge is -1.97. The zero-order valence-corrected chi connectivity index (χ0v) is 11.7. The molecule has 1 N–H and O–H groups in total. The minimum Gasteiger partial charge on any atom is -0.161 e. The largest absolute Gasteiger partial charge is 0.352 e. The van der Waals surface area contributed by atoms with Gasteiger partial charge in [-0.05, 0) is 28.8 Å². The van der Waals surface area contributed by atoms with Crippen molar-refractivity contribution in [3.63, 3.8) is 0 Å². The van der Waals surface area contributed by atoms with Gasteiger partial charge in [-0.15, -0.1) is 0 Å². The zero-order chi connectivity index (χ0) is 14.2. The standard InChI is InChI=1S/C17H14N4/c1-12-7-9-13(10-8-12)15-11-16-18-17(20-21(16)19-15)14-5-3-2-4-6-14/h2-10H,11H2,1H3/p+1. The fourth-order valence-electron chi connectivity index (χ4n) is 2.50. The minimum atomic E-state index is 0.756. The molecule has 21 heavy (non-hydrogen) atoms. The molecule has 0 fully saturated rings. The SMILES string of the molecule is Cc1ccc(C2=N[n+]3[nH]c(-c4ccccc4)nc3C2)cc1. The molecule has 0 spiro atoms. The van der Waals surface area contributed by atoms with Crippen LogP contribution in [0.25, 0.3) is 11.4 Å². The molecular formula is C17H15N4+. The van der Waals surface area contributed by atoms with Crippen molar-refractivity contribution < 1.29 is 4.79 Å². The number of fused-ring (bicyclic) bond motifs is 1. The highest BCUT2D eigenvalue weighted by Gasteiger charge is 2.29. The molecule has 4 nitrogen and oxygen atoms in total. The molecule has 1 aliphatic heterocycles. The van der Waals surface area contributed by atoms with E-state index in [-0.39, 0.29) is 0 Å². The van der Waals surface area contributed by atoms with Crippen LogP contribution < -0.4 is 4.79 Å². The Morgan fingerprint density at radius 2 is 1.71 bits per heavy atom. The van der Waals surface area contributed by atoms with Gasteiger partial charge in [-0.3, -0.25) is 0 Å². The number of hydrogen-bond donors (Lipinski definition) is 1. The zero-order valence-electron chi connectivity index (χ0n) is 11.7. The third-order valence-corrected chi connectivity index (χ3v) is 3.68. The summed E-state index contributed by atoms with van der Waals surface area (Å²) in [6.45, 7) is 2.09. The lowest BCUT2D eigenvalue weighted by Crippen LogP contribution is -2.29. The maximum absolute atomic E-state index is 4.65. The molecule has 2 heterocycles. The smallest absolute Gasteiger partial charge is 0.161 e. The Hall–Kier alpha value is -2.75. The van der Waals surface area contributed by atoms with Crippen LogP contribution in [-0.2, 0) is 6.42 Å². The fourth-order valence-corrected chi connectivity index (χ4v) is 2.50. The van der Waals surface area contributed by atoms with Gasteiger partial charge in [-0.2, -0.15) is 5.10 Å². The summed E-state index contributed by atoms with van der Waals surface area (Å²) < 4.78 is 0. The fraction of sp³-hybridized carbons (Fsp3) is 0.118. The van der Waals surface area contributed by atoms with Crippen molar-refractivity contribution in [2.24, 2.45) is 5.10 Å². The quantitative estimate of drug-likeness (QED) is 0.717. The highest BCUT2D eigenvalue weighted by molar-refractivity contribution is 6.01. The third kappa shape index (κ3) is 2.14. The number of aromatic amines is 1. The van der Waals surface area contributed by atoms with Crippen LogP contribution in [0.3, 0.4) is 0 Å². The van der Waals surface area contributed by atoms with Gasteiger partial charge in [0.2, 0.25) is 0 Å². The van der Waals surface area contributed by atoms with Gasteiger partial charge >= 0.3 is 5.82 Å². The first kappa shape index (κ1) is 12.0. The van der Waals surface area contributed by atoms with Gasteiger partial charge in [-0.1, -0.05) is 53.1 Å². The number of benzene rings is 2. The van der Waals surface area contributed by atoms with Gasteiger partial charge in [0.25, 0.3) is 5.82 Å². The van der Waals surface area contributed by atoms with Gasteiger partial charge in [0.1, 0.15) is 12.1 Å². The first-order valence-electron chi connectivity index (χ1n) is 7.01. The molecular weight excluding hydrogens is 260 g/mol. The molecule has 0 amide bonds. The topological polar surface area (TPSA) is 44.9 Å². The minimum absolute atomic E-state index is 0.756. The predicted molar refractivity (Wildman–Crippen MR) is 81.0 cm³/mol. The van der Waals surface area contributed by atoms with Crippen molar-refractivity contribution in [2.45, 2.75) is 13.3 Å². The third-order valence-electron chi connectivity index (χ3n) is 3.68. The molecule has 0 saturated carbocycles. The Kier molecular flexibility index (Phi) is 2.67. The van der Waals surface area contributed by atoms with Crippen molar-refractivity contribution >= 4 is 5.71 Å². The van der Waals surface area contributed by atoms with Gasteiger partial charge in [-0.25, -0.2) is 0 Å². The lowest BCUT2D eigenvalue weighted by atomic mass is 10.1. The van der Waals surface area contributed by atoms with Crippen molar-refractivity contribution in [2.75, 3.05) is 0 Å². The van der Waals surface area contributed by atoms with Gasteiger partial charge in [0.15, 0.2) is 0 Å². The lowest BCUT2D eigenvalue weighted by molar-refractivity contribution is -0.735. The van der Waals surface area contributed by atoms with E-state index < -0.39 is 0 Å². The van der Waals surface area contributed by atoms with E-state index in [0.29, 0.717) is 0 Å². The molecule has 0 bridgehead atoms. The number of H-pyrrole nitrogens is 1. The van der Waals surface area contributed by atoms with Crippen LogP contribution in [0.2, 0.25) is 0 Å². The number of rotatable bonds is 2. The second-order valence-corrected chi connectivity index (χ2v) is 5.26. The van der Waals surface area contributed by atoms with Gasteiger partial charge in [0, 0.05) is 11.1 Å². The summed E-state index contributed by atoms with van der Waals surface area (Å²) in [6, 6.07) is 18.5. The molecule has 102 valence electrons. The molecule has 0 radical (unpaired) electrons. The van der Waals surface area contributed by atoms with E-state index in [4.69, 9.17) is 0 Å². The van der Waals surface area contributed by atoms with E-state index in [9.17, 15) is 0 Å². The van der Waals surface area contributed by atoms with E-state index in [2.05, 4.69) is 46.4 Å². The van der Waals surface area contributed by atoms with E-state index >= 15 is 0 Å². The van der Waals surface area contributed by atoms with Gasteiger partial charge < -0.3 is 0 Å². The van der Waals surface area contributed by atoms with Crippen LogP contribution in [0.5, 0.6) is 0 Å². The molecule has 2 aromatic carbocycles. The first-order valence-corrected chi connectivity index (χ1v) is 7.01. The average Bonchev–Trinajstić information content (AvgIpc) is 3.07. The van der Waals surface area contributed by atoms with Crippen molar-refractivity contribution in [1.29, 1.82) is 0 Å². The van der Waals surface area contributed by atoms with Crippen LogP contribution in [0.15, 0.2) is 59.7 Å². The van der Waals surface area contributed by atoms with Gasteiger partial charge in [0.05, 0.1) is 0 Å². The van der Waals surface area contributed by atoms with E-state index in [1.54, 1.807) is 4.79 Å². The molecule has 1 aromatic heterocycles. The van der Waals surface area contributed by atoms with E-state index in [1.165, 1.54) is 5.56 Å². The monoisotopic (exact) mass is 275 g/mol. The van der Waals surface area contributed by atoms with Crippen molar-refractivity contribution in [3.05, 3.63) is 71.5 Å². The van der Waals surface area contributed by atoms with Crippen LogP contribution in [0.1, 0.15) is 17.0 Å². The van der Waals surface area contributed by atoms with Crippen molar-refractivity contribution in [1.82, 2.24) is 10.1 Å². The molecule has 3 aromatic rings. The van der Waals surface area contributed by atoms with Crippen LogP contribution in [-0.4, -0.2) is 15.8 Å². The van der Waals surface area contributed by atoms with Crippen LogP contribution in [0, 0.1) is 6.92 Å². The predicted octanol–water partition coefficient (Wildman–Crippen LogP) is 2.48. The summed E-state index contributed by atoms with van der Waals surface area (Å²) in [7, 11) is 0. The summed E-state index contributed by atoms with van der Waals surface area (Å²) in [4.78, 5) is 6.42. The number of aryl methyl sites for hydroxylation is 1. The molecule has 4 rings (SSSR count). The Labute approximate surface area is 122 Å². The molecule has 0 aliphatic carbocycles. The number of hydrogen-bond acceptors (Lipinski definition) is 2. The summed E-state index contributed by atoms with van der Waals surface area (Å²) >= 11 is 0. The van der Waals surface area contributed by atoms with Crippen molar-refractivity contribution in [3.8, 4) is 11.4 Å². The number of nitrogens with one attached hydrogen (secondary N) is 1. The maximum Gasteiger partial charge on any atom is 0.352 e. The average molecular weight is 275 g/mol. The summed E-state index contributed by atoms with van der Waals surface area (Å²) in [6.07, 6.45) is 0.756. The second-order valence-electron chi connectivity index (χ2n) is 5.26. The van der Waals surface area contributed by atoms with Crippen LogP contribution in [0.4, 0.5) is 0 Å². The Bertz CT molecular complexity index is 814. The summed E-state index contributed by atoms with van der Waals surface area (Å²) in [5.41, 5.74) is 4.54. The molecule has 0 atom stereocenters. The molecule has 0 saturated heterocycles. The van der Waals surface area contributed by atoms with E-state index in [0.717, 1.165) is 34.9 Å². The Balaban J connectivity index is 1.67. The summed E-state index contributed by atoms with van der Waals surface area (Å²) in [5.74, 6) is 1.81. The summed E-state index contributed by atoms with van der Waals surface area (Å²) in [5, 5.41) is 7.85. The second kappa shape index (κ2) is 4.66. The Morgan fingerprint density at radius 1 is 0.952 bits per heavy atom. The number of aromatic nitrogens is 3.